The Labute approximate surface area is 157 Å². The van der Waals surface area contributed by atoms with Gasteiger partial charge in [-0.3, -0.25) is 4.40 Å². The predicted molar refractivity (Wildman–Crippen MR) is 111 cm³/mol. The Morgan fingerprint density at radius 2 is 1.65 bits per heavy atom. The Hall–Kier alpha value is -2.29. The molecular weight excluding hydrogens is 318 g/mol. The van der Waals surface area contributed by atoms with Crippen molar-refractivity contribution in [2.24, 2.45) is 5.41 Å². The molecule has 0 atom stereocenters. The first kappa shape index (κ1) is 18.5. The average Bonchev–Trinajstić information content (AvgIpc) is 2.82. The summed E-state index contributed by atoms with van der Waals surface area (Å²) in [4.78, 5) is 4.93. The highest BCUT2D eigenvalue weighted by Gasteiger charge is 2.27. The van der Waals surface area contributed by atoms with Gasteiger partial charge in [-0.15, -0.1) is 0 Å². The maximum Gasteiger partial charge on any atom is 0.138 e. The minimum atomic E-state index is -0.0244. The van der Waals surface area contributed by atoms with Gasteiger partial charge in [0, 0.05) is 18.2 Å². The average molecular weight is 350 g/mol. The van der Waals surface area contributed by atoms with Gasteiger partial charge in [-0.05, 0) is 49.8 Å². The van der Waals surface area contributed by atoms with Crippen LogP contribution in [0.1, 0.15) is 57.9 Å². The predicted octanol–water partition coefficient (Wildman–Crippen LogP) is 5.86. The third kappa shape index (κ3) is 4.46. The molecule has 0 radical (unpaired) electrons. The van der Waals surface area contributed by atoms with Crippen LogP contribution in [0.15, 0.2) is 48.7 Å². The molecule has 0 aliphatic rings. The minimum Gasteiger partial charge on any atom is -0.365 e. The van der Waals surface area contributed by atoms with Crippen molar-refractivity contribution in [1.29, 1.82) is 0 Å². The van der Waals surface area contributed by atoms with Crippen molar-refractivity contribution in [3.63, 3.8) is 0 Å². The number of anilines is 1. The maximum absolute atomic E-state index is 4.93. The lowest BCUT2D eigenvalue weighted by Gasteiger charge is -2.34. The number of hydrogen-bond acceptors (Lipinski definition) is 2. The zero-order valence-corrected chi connectivity index (χ0v) is 16.9. The van der Waals surface area contributed by atoms with Crippen molar-refractivity contribution in [3.05, 3.63) is 65.5 Å². The highest BCUT2D eigenvalue weighted by atomic mass is 15.2. The molecule has 1 N–H and O–H groups in total. The van der Waals surface area contributed by atoms with Gasteiger partial charge in [-0.2, -0.15) is 0 Å². The van der Waals surface area contributed by atoms with Crippen LogP contribution < -0.4 is 5.32 Å². The van der Waals surface area contributed by atoms with Gasteiger partial charge in [0.05, 0.1) is 5.69 Å². The van der Waals surface area contributed by atoms with Gasteiger partial charge in [0.2, 0.25) is 0 Å². The molecule has 2 heterocycles. The number of hydrogen-bond donors (Lipinski definition) is 1. The van der Waals surface area contributed by atoms with Crippen molar-refractivity contribution in [2.45, 2.75) is 59.9 Å². The number of imidazole rings is 1. The molecule has 0 aliphatic carbocycles. The molecule has 3 heteroatoms. The molecule has 0 bridgehead atoms. The molecule has 3 aromatic rings. The molecule has 0 unspecified atom stereocenters. The lowest BCUT2D eigenvalue weighted by molar-refractivity contribution is 0.302. The summed E-state index contributed by atoms with van der Waals surface area (Å²) >= 11 is 0. The lowest BCUT2D eigenvalue weighted by Crippen LogP contribution is -2.36. The molecule has 0 amide bonds. The van der Waals surface area contributed by atoms with Gasteiger partial charge in [0.15, 0.2) is 0 Å². The zero-order chi connectivity index (χ0) is 18.9. The van der Waals surface area contributed by atoms with Crippen LogP contribution in [-0.4, -0.2) is 14.9 Å². The molecule has 0 spiro atoms. The SMILES string of the molecule is Cc1ccc2nc(Cc3ccccc3)c(NC(C)(C)CC(C)(C)C)n2c1. The molecule has 26 heavy (non-hydrogen) atoms. The highest BCUT2D eigenvalue weighted by molar-refractivity contribution is 5.58. The third-order valence-corrected chi connectivity index (χ3v) is 4.48. The fourth-order valence-corrected chi connectivity index (χ4v) is 3.93. The quantitative estimate of drug-likeness (QED) is 0.625. The largest absolute Gasteiger partial charge is 0.365 e. The van der Waals surface area contributed by atoms with E-state index < -0.39 is 0 Å². The number of nitrogens with one attached hydrogen (secondary N) is 1. The Morgan fingerprint density at radius 1 is 0.962 bits per heavy atom. The second kappa shape index (κ2) is 6.79. The van der Waals surface area contributed by atoms with Crippen molar-refractivity contribution in [1.82, 2.24) is 9.38 Å². The van der Waals surface area contributed by atoms with E-state index in [2.05, 4.69) is 99.9 Å². The van der Waals surface area contributed by atoms with E-state index in [1.165, 1.54) is 11.1 Å². The highest BCUT2D eigenvalue weighted by Crippen LogP contribution is 2.32. The van der Waals surface area contributed by atoms with E-state index in [4.69, 9.17) is 4.98 Å². The van der Waals surface area contributed by atoms with Crippen LogP contribution in [0.3, 0.4) is 0 Å². The monoisotopic (exact) mass is 349 g/mol. The van der Waals surface area contributed by atoms with Crippen LogP contribution in [0.2, 0.25) is 0 Å². The smallest absolute Gasteiger partial charge is 0.138 e. The van der Waals surface area contributed by atoms with Crippen molar-refractivity contribution < 1.29 is 0 Å². The normalized spacial score (nSPS) is 12.5. The third-order valence-electron chi connectivity index (χ3n) is 4.48. The molecule has 0 fully saturated rings. The molecule has 0 aliphatic heterocycles. The first-order valence-corrected chi connectivity index (χ1v) is 9.43. The molecular formula is C23H31N3. The number of aryl methyl sites for hydroxylation is 1. The van der Waals surface area contributed by atoms with E-state index in [0.29, 0.717) is 0 Å². The van der Waals surface area contributed by atoms with E-state index in [9.17, 15) is 0 Å². The first-order valence-electron chi connectivity index (χ1n) is 9.43. The molecule has 3 nitrogen and oxygen atoms in total. The van der Waals surface area contributed by atoms with Gasteiger partial charge in [-0.25, -0.2) is 4.98 Å². The molecule has 1 aromatic carbocycles. The molecule has 0 saturated heterocycles. The van der Waals surface area contributed by atoms with Gasteiger partial charge < -0.3 is 5.32 Å². The second-order valence-electron chi connectivity index (χ2n) is 9.25. The first-order chi connectivity index (χ1) is 12.1. The van der Waals surface area contributed by atoms with Crippen LogP contribution in [0.4, 0.5) is 5.82 Å². The molecule has 3 rings (SSSR count). The lowest BCUT2D eigenvalue weighted by atomic mass is 9.82. The summed E-state index contributed by atoms with van der Waals surface area (Å²) in [6, 6.07) is 14.8. The van der Waals surface area contributed by atoms with Crippen LogP contribution in [0, 0.1) is 12.3 Å². The summed E-state index contributed by atoms with van der Waals surface area (Å²) in [5, 5.41) is 3.81. The van der Waals surface area contributed by atoms with E-state index >= 15 is 0 Å². The fourth-order valence-electron chi connectivity index (χ4n) is 3.93. The van der Waals surface area contributed by atoms with E-state index in [-0.39, 0.29) is 11.0 Å². The number of fused-ring (bicyclic) bond motifs is 1. The topological polar surface area (TPSA) is 29.3 Å². The number of nitrogens with zero attached hydrogens (tertiary/aromatic N) is 2. The number of benzene rings is 1. The van der Waals surface area contributed by atoms with Crippen molar-refractivity contribution in [3.8, 4) is 0 Å². The summed E-state index contributed by atoms with van der Waals surface area (Å²) in [7, 11) is 0. The molecule has 2 aromatic heterocycles. The van der Waals surface area contributed by atoms with Crippen LogP contribution in [0.5, 0.6) is 0 Å². The summed E-state index contributed by atoms with van der Waals surface area (Å²) < 4.78 is 2.21. The van der Waals surface area contributed by atoms with Crippen LogP contribution in [-0.2, 0) is 6.42 Å². The fraction of sp³-hybridized carbons (Fsp3) is 0.435. The molecule has 0 saturated carbocycles. The number of aromatic nitrogens is 2. The van der Waals surface area contributed by atoms with Crippen molar-refractivity contribution >= 4 is 11.5 Å². The summed E-state index contributed by atoms with van der Waals surface area (Å²) in [6.07, 6.45) is 4.08. The van der Waals surface area contributed by atoms with Crippen LogP contribution >= 0.6 is 0 Å². The van der Waals surface area contributed by atoms with E-state index in [0.717, 1.165) is 30.0 Å². The summed E-state index contributed by atoms with van der Waals surface area (Å²) in [6.45, 7) is 13.6. The van der Waals surface area contributed by atoms with E-state index in [1.807, 2.05) is 0 Å². The number of pyridine rings is 1. The molecule has 138 valence electrons. The summed E-state index contributed by atoms with van der Waals surface area (Å²) in [5.41, 5.74) is 4.84. The van der Waals surface area contributed by atoms with Crippen LogP contribution in [0.25, 0.3) is 5.65 Å². The van der Waals surface area contributed by atoms with Gasteiger partial charge >= 0.3 is 0 Å². The van der Waals surface area contributed by atoms with Gasteiger partial charge in [0.1, 0.15) is 11.5 Å². The second-order valence-corrected chi connectivity index (χ2v) is 9.25. The van der Waals surface area contributed by atoms with Gasteiger partial charge in [-0.1, -0.05) is 57.2 Å². The Kier molecular flexibility index (Phi) is 4.83. The Bertz CT molecular complexity index is 883. The minimum absolute atomic E-state index is 0.0244. The Morgan fingerprint density at radius 3 is 2.31 bits per heavy atom. The summed E-state index contributed by atoms with van der Waals surface area (Å²) in [5.74, 6) is 1.11. The number of rotatable bonds is 5. The maximum atomic E-state index is 4.93. The standard InChI is InChI=1S/C23H31N3/c1-17-12-13-20-24-19(14-18-10-8-7-9-11-18)21(26(20)15-17)25-23(5,6)16-22(2,3)4/h7-13,15,25H,14,16H2,1-6H3. The van der Waals surface area contributed by atoms with Crippen molar-refractivity contribution in [2.75, 3.05) is 5.32 Å². The Balaban J connectivity index is 2.03. The van der Waals surface area contributed by atoms with Gasteiger partial charge in [0.25, 0.3) is 0 Å². The van der Waals surface area contributed by atoms with E-state index in [1.54, 1.807) is 0 Å². The zero-order valence-electron chi connectivity index (χ0n) is 16.9.